The molecule has 0 saturated heterocycles. The molecular weight excluding hydrogens is 198 g/mol. The van der Waals surface area contributed by atoms with E-state index < -0.39 is 0 Å². The Morgan fingerprint density at radius 2 is 2.19 bits per heavy atom. The van der Waals surface area contributed by atoms with Crippen molar-refractivity contribution >= 4 is 5.69 Å². The number of pyridine rings is 1. The van der Waals surface area contributed by atoms with E-state index in [0.717, 1.165) is 18.0 Å². The number of anilines is 1. The van der Waals surface area contributed by atoms with Crippen LogP contribution >= 0.6 is 0 Å². The molecule has 1 aromatic heterocycles. The van der Waals surface area contributed by atoms with Crippen LogP contribution in [0.5, 0.6) is 0 Å². The highest BCUT2D eigenvalue weighted by atomic mass is 14.9. The second-order valence-electron chi connectivity index (χ2n) is 4.34. The zero-order valence-corrected chi connectivity index (χ0v) is 10.2. The normalized spacial score (nSPS) is 13.9. The van der Waals surface area contributed by atoms with Gasteiger partial charge in [-0.1, -0.05) is 20.3 Å². The zero-order chi connectivity index (χ0) is 12.0. The Morgan fingerprint density at radius 1 is 1.44 bits per heavy atom. The number of nitriles is 1. The molecule has 0 aromatic carbocycles. The molecule has 1 heterocycles. The molecule has 0 fully saturated rings. The Kier molecular flexibility index (Phi) is 4.78. The average molecular weight is 217 g/mol. The van der Waals surface area contributed by atoms with Crippen LogP contribution in [0.4, 0.5) is 5.69 Å². The number of hydrogen-bond donors (Lipinski definition) is 1. The van der Waals surface area contributed by atoms with Gasteiger partial charge in [0.2, 0.25) is 0 Å². The van der Waals surface area contributed by atoms with E-state index >= 15 is 0 Å². The zero-order valence-electron chi connectivity index (χ0n) is 10.2. The van der Waals surface area contributed by atoms with Gasteiger partial charge in [0, 0.05) is 6.04 Å². The molecule has 0 radical (unpaired) electrons. The Morgan fingerprint density at radius 3 is 2.69 bits per heavy atom. The maximum absolute atomic E-state index is 8.63. The summed E-state index contributed by atoms with van der Waals surface area (Å²) < 4.78 is 0. The first-order chi connectivity index (χ1) is 7.65. The van der Waals surface area contributed by atoms with E-state index in [1.807, 2.05) is 12.1 Å². The van der Waals surface area contributed by atoms with Crippen LogP contribution in [0.1, 0.15) is 39.3 Å². The molecule has 1 N–H and O–H groups in total. The monoisotopic (exact) mass is 217 g/mol. The van der Waals surface area contributed by atoms with Gasteiger partial charge in [0.05, 0.1) is 11.9 Å². The largest absolute Gasteiger partial charge is 0.381 e. The quantitative estimate of drug-likeness (QED) is 0.824. The van der Waals surface area contributed by atoms with Crippen LogP contribution in [0, 0.1) is 17.2 Å². The minimum absolute atomic E-state index is 0.435. The van der Waals surface area contributed by atoms with E-state index in [4.69, 9.17) is 5.26 Å². The molecule has 3 nitrogen and oxygen atoms in total. The molecule has 0 amide bonds. The third-order valence-corrected chi connectivity index (χ3v) is 2.74. The second-order valence-corrected chi connectivity index (χ2v) is 4.34. The summed E-state index contributed by atoms with van der Waals surface area (Å²) in [6, 6.07) is 6.08. The van der Waals surface area contributed by atoms with Crippen molar-refractivity contribution in [3.63, 3.8) is 0 Å². The molecule has 0 spiro atoms. The lowest BCUT2D eigenvalue weighted by molar-refractivity contribution is 0.484. The van der Waals surface area contributed by atoms with Crippen LogP contribution in [-0.4, -0.2) is 11.0 Å². The number of nitrogens with one attached hydrogen (secondary N) is 1. The summed E-state index contributed by atoms with van der Waals surface area (Å²) in [5, 5.41) is 12.0. The topological polar surface area (TPSA) is 48.7 Å². The fourth-order valence-corrected chi connectivity index (χ4v) is 1.66. The van der Waals surface area contributed by atoms with Gasteiger partial charge in [-0.05, 0) is 31.4 Å². The van der Waals surface area contributed by atoms with Crippen molar-refractivity contribution in [3.8, 4) is 6.07 Å². The molecule has 16 heavy (non-hydrogen) atoms. The van der Waals surface area contributed by atoms with Gasteiger partial charge in [0.25, 0.3) is 0 Å². The van der Waals surface area contributed by atoms with Crippen molar-refractivity contribution in [1.29, 1.82) is 5.26 Å². The predicted molar refractivity (Wildman–Crippen MR) is 66.1 cm³/mol. The molecular formula is C13H19N3. The average Bonchev–Trinajstić information content (AvgIpc) is 2.29. The smallest absolute Gasteiger partial charge is 0.140 e. The summed E-state index contributed by atoms with van der Waals surface area (Å²) >= 11 is 0. The van der Waals surface area contributed by atoms with Gasteiger partial charge in [-0.25, -0.2) is 4.98 Å². The molecule has 0 bridgehead atoms. The summed E-state index contributed by atoms with van der Waals surface area (Å²) in [6.45, 7) is 6.64. The fraction of sp³-hybridized carbons (Fsp3) is 0.538. The lowest BCUT2D eigenvalue weighted by atomic mass is 10.0. The molecule has 0 aliphatic heterocycles. The van der Waals surface area contributed by atoms with Crippen molar-refractivity contribution in [1.82, 2.24) is 4.98 Å². The van der Waals surface area contributed by atoms with Crippen LogP contribution < -0.4 is 5.32 Å². The molecule has 1 rings (SSSR count). The summed E-state index contributed by atoms with van der Waals surface area (Å²) in [7, 11) is 0. The standard InChI is InChI=1S/C13H19N3/c1-4-10(2)7-11(3)16-13-6-5-12(8-14)15-9-13/h5-6,9-11,16H,4,7H2,1-3H3. The summed E-state index contributed by atoms with van der Waals surface area (Å²) in [5.41, 5.74) is 1.44. The lowest BCUT2D eigenvalue weighted by Gasteiger charge is -2.18. The predicted octanol–water partition coefficient (Wildman–Crippen LogP) is 3.19. The van der Waals surface area contributed by atoms with Crippen molar-refractivity contribution in [2.75, 3.05) is 5.32 Å². The Labute approximate surface area is 97.5 Å². The third kappa shape index (κ3) is 3.90. The van der Waals surface area contributed by atoms with Crippen LogP contribution in [0.3, 0.4) is 0 Å². The van der Waals surface area contributed by atoms with E-state index in [0.29, 0.717) is 11.7 Å². The van der Waals surface area contributed by atoms with E-state index in [1.54, 1.807) is 12.3 Å². The fourth-order valence-electron chi connectivity index (χ4n) is 1.66. The van der Waals surface area contributed by atoms with Gasteiger partial charge in [-0.3, -0.25) is 0 Å². The first-order valence-electron chi connectivity index (χ1n) is 5.78. The highest BCUT2D eigenvalue weighted by Crippen LogP contribution is 2.14. The SMILES string of the molecule is CCC(C)CC(C)Nc1ccc(C#N)nc1. The van der Waals surface area contributed by atoms with Crippen LogP contribution in [-0.2, 0) is 0 Å². The van der Waals surface area contributed by atoms with Crippen LogP contribution in [0.25, 0.3) is 0 Å². The van der Waals surface area contributed by atoms with Gasteiger partial charge in [-0.15, -0.1) is 0 Å². The maximum Gasteiger partial charge on any atom is 0.140 e. The Hall–Kier alpha value is -1.56. The summed E-state index contributed by atoms with van der Waals surface area (Å²) in [4.78, 5) is 4.03. The van der Waals surface area contributed by atoms with Gasteiger partial charge in [0.15, 0.2) is 0 Å². The van der Waals surface area contributed by atoms with E-state index in [-0.39, 0.29) is 0 Å². The highest BCUT2D eigenvalue weighted by molar-refractivity contribution is 5.43. The first-order valence-corrected chi connectivity index (χ1v) is 5.78. The van der Waals surface area contributed by atoms with E-state index in [9.17, 15) is 0 Å². The summed E-state index contributed by atoms with van der Waals surface area (Å²) in [5.74, 6) is 0.730. The maximum atomic E-state index is 8.63. The molecule has 3 heteroatoms. The minimum atomic E-state index is 0.435. The van der Waals surface area contributed by atoms with Gasteiger partial charge < -0.3 is 5.32 Å². The summed E-state index contributed by atoms with van der Waals surface area (Å²) in [6.07, 6.45) is 4.07. The minimum Gasteiger partial charge on any atom is -0.381 e. The Bertz CT molecular complexity index is 350. The molecule has 2 unspecified atom stereocenters. The number of rotatable bonds is 5. The van der Waals surface area contributed by atoms with Gasteiger partial charge in [-0.2, -0.15) is 5.26 Å². The lowest BCUT2D eigenvalue weighted by Crippen LogP contribution is -2.18. The number of aromatic nitrogens is 1. The van der Waals surface area contributed by atoms with Gasteiger partial charge >= 0.3 is 0 Å². The van der Waals surface area contributed by atoms with E-state index in [2.05, 4.69) is 31.1 Å². The molecule has 86 valence electrons. The van der Waals surface area contributed by atoms with Crippen molar-refractivity contribution in [3.05, 3.63) is 24.0 Å². The molecule has 0 aliphatic rings. The molecule has 0 aliphatic carbocycles. The van der Waals surface area contributed by atoms with Crippen LogP contribution in [0.15, 0.2) is 18.3 Å². The van der Waals surface area contributed by atoms with Crippen molar-refractivity contribution in [2.24, 2.45) is 5.92 Å². The van der Waals surface area contributed by atoms with Gasteiger partial charge in [0.1, 0.15) is 11.8 Å². The number of hydrogen-bond acceptors (Lipinski definition) is 3. The second kappa shape index (κ2) is 6.12. The van der Waals surface area contributed by atoms with Crippen LogP contribution in [0.2, 0.25) is 0 Å². The van der Waals surface area contributed by atoms with Crippen molar-refractivity contribution in [2.45, 2.75) is 39.7 Å². The molecule has 2 atom stereocenters. The Balaban J connectivity index is 2.50. The molecule has 0 saturated carbocycles. The third-order valence-electron chi connectivity index (χ3n) is 2.74. The van der Waals surface area contributed by atoms with Crippen molar-refractivity contribution < 1.29 is 0 Å². The molecule has 1 aromatic rings. The van der Waals surface area contributed by atoms with E-state index in [1.165, 1.54) is 6.42 Å². The first kappa shape index (κ1) is 12.5. The highest BCUT2D eigenvalue weighted by Gasteiger charge is 2.06. The number of nitrogens with zero attached hydrogens (tertiary/aromatic N) is 2.